The molecule has 4 rings (SSSR count). The quantitative estimate of drug-likeness (QED) is 0.776. The third-order valence-electron chi connectivity index (χ3n) is 5.22. The molecule has 132 valence electrons. The summed E-state index contributed by atoms with van der Waals surface area (Å²) in [4.78, 5) is 18.6. The summed E-state index contributed by atoms with van der Waals surface area (Å²) in [7, 11) is 2.16. The Kier molecular flexibility index (Phi) is 4.63. The van der Waals surface area contributed by atoms with Gasteiger partial charge in [0.25, 0.3) is 0 Å². The van der Waals surface area contributed by atoms with E-state index < -0.39 is 0 Å². The van der Waals surface area contributed by atoms with Crippen molar-refractivity contribution in [3.8, 4) is 0 Å². The number of piperidine rings is 1. The number of anilines is 2. The molecule has 2 aliphatic rings. The van der Waals surface area contributed by atoms with Crippen molar-refractivity contribution in [1.29, 1.82) is 0 Å². The van der Waals surface area contributed by atoms with Crippen LogP contribution in [0.1, 0.15) is 43.0 Å². The van der Waals surface area contributed by atoms with Crippen LogP contribution in [0, 0.1) is 6.92 Å². The van der Waals surface area contributed by atoms with Crippen molar-refractivity contribution in [3.63, 3.8) is 0 Å². The Labute approximate surface area is 157 Å². The minimum Gasteiger partial charge on any atom is -0.355 e. The molecule has 2 aromatic heterocycles. The van der Waals surface area contributed by atoms with E-state index in [1.807, 2.05) is 18.5 Å². The Morgan fingerprint density at radius 1 is 1.24 bits per heavy atom. The van der Waals surface area contributed by atoms with E-state index in [-0.39, 0.29) is 0 Å². The van der Waals surface area contributed by atoms with Crippen LogP contribution in [0.3, 0.4) is 0 Å². The highest BCUT2D eigenvalue weighted by molar-refractivity contribution is 9.10. The first-order chi connectivity index (χ1) is 12.1. The average molecular weight is 402 g/mol. The van der Waals surface area contributed by atoms with Gasteiger partial charge in [-0.15, -0.1) is 0 Å². The van der Waals surface area contributed by atoms with Crippen molar-refractivity contribution in [2.75, 3.05) is 29.9 Å². The van der Waals surface area contributed by atoms with Crippen molar-refractivity contribution in [2.45, 2.75) is 44.6 Å². The van der Waals surface area contributed by atoms with Crippen LogP contribution in [0.5, 0.6) is 0 Å². The van der Waals surface area contributed by atoms with Gasteiger partial charge in [0.15, 0.2) is 0 Å². The van der Waals surface area contributed by atoms with Crippen LogP contribution in [-0.2, 0) is 0 Å². The molecule has 25 heavy (non-hydrogen) atoms. The molecular weight excluding hydrogens is 378 g/mol. The van der Waals surface area contributed by atoms with Crippen LogP contribution in [0.15, 0.2) is 29.0 Å². The predicted octanol–water partition coefficient (Wildman–Crippen LogP) is 3.93. The highest BCUT2D eigenvalue weighted by Crippen LogP contribution is 2.38. The second kappa shape index (κ2) is 6.90. The molecule has 0 amide bonds. The lowest BCUT2D eigenvalue weighted by molar-refractivity contribution is 0.482. The van der Waals surface area contributed by atoms with Gasteiger partial charge in [-0.25, -0.2) is 15.0 Å². The Bertz CT molecular complexity index is 761. The maximum Gasteiger partial charge on any atom is 0.133 e. The summed E-state index contributed by atoms with van der Waals surface area (Å²) in [6, 6.07) is 4.62. The molecule has 2 fully saturated rings. The summed E-state index contributed by atoms with van der Waals surface area (Å²) in [6.07, 6.45) is 8.63. The Morgan fingerprint density at radius 3 is 2.84 bits per heavy atom. The molecule has 1 aliphatic carbocycles. The van der Waals surface area contributed by atoms with Crippen molar-refractivity contribution in [2.24, 2.45) is 0 Å². The van der Waals surface area contributed by atoms with Gasteiger partial charge in [-0.2, -0.15) is 0 Å². The summed E-state index contributed by atoms with van der Waals surface area (Å²) in [5.41, 5.74) is 1.22. The van der Waals surface area contributed by atoms with Crippen LogP contribution in [0.2, 0.25) is 0 Å². The molecule has 3 heterocycles. The standard InChI is InChI=1S/C19H24BrN5/c1-13-10-15(20)11-22-19(13)25-9-3-4-16(12-25)24(2)17-7-8-21-18(23-17)14-5-6-14/h7-8,10-11,14,16H,3-6,9,12H2,1-2H3. The molecule has 1 saturated carbocycles. The van der Waals surface area contributed by atoms with E-state index in [2.05, 4.69) is 55.7 Å². The van der Waals surface area contributed by atoms with Crippen LogP contribution in [-0.4, -0.2) is 41.1 Å². The van der Waals surface area contributed by atoms with E-state index in [4.69, 9.17) is 4.98 Å². The predicted molar refractivity (Wildman–Crippen MR) is 104 cm³/mol. The summed E-state index contributed by atoms with van der Waals surface area (Å²) < 4.78 is 1.04. The van der Waals surface area contributed by atoms with E-state index in [9.17, 15) is 0 Å². The SMILES string of the molecule is Cc1cc(Br)cnc1N1CCCC(N(C)c2ccnc(C3CC3)n2)C1. The van der Waals surface area contributed by atoms with E-state index in [1.54, 1.807) is 0 Å². The van der Waals surface area contributed by atoms with Gasteiger partial charge < -0.3 is 9.80 Å². The normalized spacial score (nSPS) is 20.6. The molecule has 0 bridgehead atoms. The van der Waals surface area contributed by atoms with Crippen LogP contribution < -0.4 is 9.80 Å². The van der Waals surface area contributed by atoms with E-state index in [0.29, 0.717) is 12.0 Å². The van der Waals surface area contributed by atoms with Crippen LogP contribution in [0.4, 0.5) is 11.6 Å². The van der Waals surface area contributed by atoms with Gasteiger partial charge in [0.2, 0.25) is 0 Å². The van der Waals surface area contributed by atoms with E-state index in [1.165, 1.54) is 31.2 Å². The Balaban J connectivity index is 1.51. The first-order valence-corrected chi connectivity index (χ1v) is 9.84. The van der Waals surface area contributed by atoms with Gasteiger partial charge in [-0.3, -0.25) is 0 Å². The highest BCUT2D eigenvalue weighted by Gasteiger charge is 2.29. The summed E-state index contributed by atoms with van der Waals surface area (Å²) in [5, 5.41) is 0. The number of hydrogen-bond acceptors (Lipinski definition) is 5. The molecule has 6 heteroatoms. The summed E-state index contributed by atoms with van der Waals surface area (Å²) in [5.74, 6) is 3.75. The minimum absolute atomic E-state index is 0.445. The zero-order valence-electron chi connectivity index (χ0n) is 14.8. The Morgan fingerprint density at radius 2 is 2.08 bits per heavy atom. The maximum atomic E-state index is 4.81. The third kappa shape index (κ3) is 3.64. The molecule has 0 radical (unpaired) electrons. The van der Waals surface area contributed by atoms with E-state index >= 15 is 0 Å². The van der Waals surface area contributed by atoms with Crippen LogP contribution >= 0.6 is 15.9 Å². The third-order valence-corrected chi connectivity index (χ3v) is 5.66. The first kappa shape index (κ1) is 16.8. The molecule has 5 nitrogen and oxygen atoms in total. The lowest BCUT2D eigenvalue weighted by Crippen LogP contribution is -2.47. The zero-order valence-corrected chi connectivity index (χ0v) is 16.4. The van der Waals surface area contributed by atoms with Crippen LogP contribution in [0.25, 0.3) is 0 Å². The number of aromatic nitrogens is 3. The van der Waals surface area contributed by atoms with Gasteiger partial charge in [0, 0.05) is 49.0 Å². The number of likely N-dealkylation sites (N-methyl/N-ethyl adjacent to an activating group) is 1. The number of pyridine rings is 1. The molecule has 0 N–H and O–H groups in total. The lowest BCUT2D eigenvalue weighted by Gasteiger charge is -2.39. The average Bonchev–Trinajstić information content (AvgIpc) is 3.46. The second-order valence-corrected chi connectivity index (χ2v) is 8.11. The van der Waals surface area contributed by atoms with E-state index in [0.717, 1.165) is 35.0 Å². The van der Waals surface area contributed by atoms with Gasteiger partial charge >= 0.3 is 0 Å². The van der Waals surface area contributed by atoms with Gasteiger partial charge in [0.1, 0.15) is 17.5 Å². The minimum atomic E-state index is 0.445. The molecule has 1 atom stereocenters. The summed E-state index contributed by atoms with van der Waals surface area (Å²) >= 11 is 3.51. The zero-order chi connectivity index (χ0) is 17.4. The topological polar surface area (TPSA) is 45.2 Å². The molecule has 1 unspecified atom stereocenters. The van der Waals surface area contributed by atoms with Gasteiger partial charge in [-0.05, 0) is 66.2 Å². The number of aryl methyl sites for hydroxylation is 1. The lowest BCUT2D eigenvalue weighted by atomic mass is 10.0. The maximum absolute atomic E-state index is 4.81. The number of rotatable bonds is 4. The highest BCUT2D eigenvalue weighted by atomic mass is 79.9. The summed E-state index contributed by atoms with van der Waals surface area (Å²) in [6.45, 7) is 4.18. The van der Waals surface area contributed by atoms with Crippen molar-refractivity contribution in [3.05, 3.63) is 40.4 Å². The number of hydrogen-bond donors (Lipinski definition) is 0. The Hall–Kier alpha value is -1.69. The number of nitrogens with zero attached hydrogens (tertiary/aromatic N) is 5. The monoisotopic (exact) mass is 401 g/mol. The fraction of sp³-hybridized carbons (Fsp3) is 0.526. The molecule has 1 saturated heterocycles. The smallest absolute Gasteiger partial charge is 0.133 e. The fourth-order valence-corrected chi connectivity index (χ4v) is 4.06. The number of halogens is 1. The second-order valence-electron chi connectivity index (χ2n) is 7.19. The molecular formula is C19H24BrN5. The fourth-order valence-electron chi connectivity index (χ4n) is 3.61. The molecule has 0 spiro atoms. The van der Waals surface area contributed by atoms with Crippen molar-refractivity contribution >= 4 is 27.6 Å². The van der Waals surface area contributed by atoms with Crippen molar-refractivity contribution < 1.29 is 0 Å². The van der Waals surface area contributed by atoms with Gasteiger partial charge in [-0.1, -0.05) is 0 Å². The first-order valence-electron chi connectivity index (χ1n) is 9.04. The molecule has 0 aromatic carbocycles. The van der Waals surface area contributed by atoms with Gasteiger partial charge in [0.05, 0.1) is 0 Å². The molecule has 2 aromatic rings. The molecule has 1 aliphatic heterocycles. The largest absolute Gasteiger partial charge is 0.355 e. The van der Waals surface area contributed by atoms with Crippen molar-refractivity contribution in [1.82, 2.24) is 15.0 Å².